The third-order valence-corrected chi connectivity index (χ3v) is 5.03. The highest BCUT2D eigenvalue weighted by atomic mass is 19.4. The van der Waals surface area contributed by atoms with Gasteiger partial charge in [0.1, 0.15) is 11.3 Å². The van der Waals surface area contributed by atoms with Crippen LogP contribution in [0.5, 0.6) is 0 Å². The van der Waals surface area contributed by atoms with Crippen LogP contribution in [0.2, 0.25) is 0 Å². The van der Waals surface area contributed by atoms with Gasteiger partial charge in [0.25, 0.3) is 0 Å². The summed E-state index contributed by atoms with van der Waals surface area (Å²) in [5, 5.41) is 9.50. The van der Waals surface area contributed by atoms with E-state index in [0.29, 0.717) is 17.0 Å². The predicted molar refractivity (Wildman–Crippen MR) is 121 cm³/mol. The van der Waals surface area contributed by atoms with Crippen LogP contribution in [0.25, 0.3) is 0 Å². The summed E-state index contributed by atoms with van der Waals surface area (Å²) in [6.45, 7) is 11.4. The Hall–Kier alpha value is -3.35. The first kappa shape index (κ1) is 28.9. The van der Waals surface area contributed by atoms with Gasteiger partial charge in [0, 0.05) is 17.8 Å². The molecule has 200 valence electrons. The molecule has 0 bridgehead atoms. The lowest BCUT2D eigenvalue weighted by Crippen LogP contribution is -2.34. The van der Waals surface area contributed by atoms with E-state index in [1.54, 1.807) is 48.5 Å². The second-order valence-electron chi connectivity index (χ2n) is 8.92. The Morgan fingerprint density at radius 2 is 1.69 bits per heavy atom. The van der Waals surface area contributed by atoms with Crippen molar-refractivity contribution >= 4 is 17.9 Å². The van der Waals surface area contributed by atoms with Gasteiger partial charge in [0.05, 0.1) is 23.6 Å². The van der Waals surface area contributed by atoms with Gasteiger partial charge in [0.2, 0.25) is 0 Å². The summed E-state index contributed by atoms with van der Waals surface area (Å²) in [7, 11) is 0. The number of hydrogen-bond donors (Lipinski definition) is 3. The van der Waals surface area contributed by atoms with Crippen molar-refractivity contribution in [2.24, 2.45) is 0 Å². The second kappa shape index (κ2) is 11.1. The van der Waals surface area contributed by atoms with Crippen molar-refractivity contribution in [1.29, 1.82) is 0 Å². The number of aromatic nitrogens is 3. The molecule has 3 N–H and O–H groups in total. The average molecular weight is 517 g/mol. The monoisotopic (exact) mass is 516 g/mol. The maximum absolute atomic E-state index is 13.1. The van der Waals surface area contributed by atoms with Crippen molar-refractivity contribution in [2.75, 3.05) is 6.61 Å². The molecule has 0 fully saturated rings. The largest absolute Gasteiger partial charge is 0.490 e. The van der Waals surface area contributed by atoms with E-state index >= 15 is 0 Å². The van der Waals surface area contributed by atoms with E-state index in [-0.39, 0.29) is 42.1 Å². The number of aryl methyl sites for hydroxylation is 2. The Morgan fingerprint density at radius 3 is 2.17 bits per heavy atom. The Bertz CT molecular complexity index is 1100. The molecule has 0 aliphatic heterocycles. The molecule has 2 aromatic heterocycles. The van der Waals surface area contributed by atoms with Gasteiger partial charge >= 0.3 is 24.1 Å². The smallest absolute Gasteiger partial charge is 0.462 e. The molecule has 36 heavy (non-hydrogen) atoms. The third kappa shape index (κ3) is 6.86. The van der Waals surface area contributed by atoms with Crippen LogP contribution in [0.4, 0.5) is 13.2 Å². The number of H-pyrrole nitrogens is 2. The molecule has 0 aliphatic rings. The van der Waals surface area contributed by atoms with E-state index in [0.717, 1.165) is 0 Å². The quantitative estimate of drug-likeness (QED) is 0.259. The van der Waals surface area contributed by atoms with Crippen molar-refractivity contribution in [1.82, 2.24) is 20.5 Å². The summed E-state index contributed by atoms with van der Waals surface area (Å²) in [4.78, 5) is 40.3. The van der Waals surface area contributed by atoms with E-state index in [9.17, 15) is 27.6 Å². The minimum atomic E-state index is -5.31. The second-order valence-corrected chi connectivity index (χ2v) is 8.92. The van der Waals surface area contributed by atoms with Gasteiger partial charge in [-0.05, 0) is 53.5 Å². The molecule has 13 heteroatoms. The summed E-state index contributed by atoms with van der Waals surface area (Å²) in [6.07, 6.45) is -6.98. The zero-order valence-corrected chi connectivity index (χ0v) is 21.2. The topological polar surface area (TPSA) is 135 Å². The Morgan fingerprint density at radius 1 is 1.06 bits per heavy atom. The van der Waals surface area contributed by atoms with E-state index in [2.05, 4.69) is 20.5 Å². The molecule has 0 amide bonds. The molecule has 1 atom stereocenters. The van der Waals surface area contributed by atoms with Crippen LogP contribution >= 0.6 is 0 Å². The Labute approximate surface area is 206 Å². The van der Waals surface area contributed by atoms with Crippen LogP contribution in [0, 0.1) is 13.8 Å². The fourth-order valence-corrected chi connectivity index (χ4v) is 3.46. The highest BCUT2D eigenvalue weighted by Gasteiger charge is 2.44. The summed E-state index contributed by atoms with van der Waals surface area (Å²) < 4.78 is 54.6. The number of nitrogens with zero attached hydrogens (tertiary/aromatic N) is 1. The molecule has 2 heterocycles. The van der Waals surface area contributed by atoms with E-state index in [1.165, 1.54) is 0 Å². The standard InChI is InChI=1S/C23H31F3N4O6/c1-8-13-15(19(31)34-9-2)17(28-16(13)20(32)36-22(5,6)7)18(35-21(33)23(24,25)26)27-10-14-11(3)29-30-12(14)4/h18,27-28H,8-10H2,1-7H3,(H,29,30). The van der Waals surface area contributed by atoms with Gasteiger partial charge < -0.3 is 19.2 Å². The summed E-state index contributed by atoms with van der Waals surface area (Å²) >= 11 is 0. The molecular formula is C23H31F3N4O6. The number of rotatable bonds is 9. The van der Waals surface area contributed by atoms with Gasteiger partial charge in [-0.1, -0.05) is 6.92 Å². The van der Waals surface area contributed by atoms with E-state index < -0.39 is 35.9 Å². The lowest BCUT2D eigenvalue weighted by Gasteiger charge is -2.21. The first-order chi connectivity index (χ1) is 16.6. The maximum atomic E-state index is 13.1. The van der Waals surface area contributed by atoms with Crippen LogP contribution < -0.4 is 5.32 Å². The minimum Gasteiger partial charge on any atom is -0.462 e. The van der Waals surface area contributed by atoms with Gasteiger partial charge in [-0.15, -0.1) is 0 Å². The van der Waals surface area contributed by atoms with Crippen LogP contribution in [-0.2, 0) is 32.0 Å². The summed E-state index contributed by atoms with van der Waals surface area (Å²) in [5.74, 6) is -4.22. The number of aromatic amines is 2. The molecule has 1 unspecified atom stereocenters. The van der Waals surface area contributed by atoms with Gasteiger partial charge in [-0.25, -0.2) is 14.4 Å². The lowest BCUT2D eigenvalue weighted by molar-refractivity contribution is -0.207. The van der Waals surface area contributed by atoms with Gasteiger partial charge in [-0.2, -0.15) is 18.3 Å². The van der Waals surface area contributed by atoms with E-state index in [1.807, 2.05) is 0 Å². The fourth-order valence-electron chi connectivity index (χ4n) is 3.46. The number of carbonyl (C=O) groups is 3. The average Bonchev–Trinajstić information content (AvgIpc) is 3.29. The third-order valence-electron chi connectivity index (χ3n) is 5.03. The summed E-state index contributed by atoms with van der Waals surface area (Å²) in [5.41, 5.74) is 0.447. The molecular weight excluding hydrogens is 485 g/mol. The molecule has 0 aliphatic carbocycles. The van der Waals surface area contributed by atoms with Gasteiger partial charge in [0.15, 0.2) is 6.23 Å². The molecule has 0 aromatic carbocycles. The van der Waals surface area contributed by atoms with Crippen molar-refractivity contribution in [2.45, 2.75) is 79.4 Å². The fraction of sp³-hybridized carbons (Fsp3) is 0.565. The normalized spacial score (nSPS) is 12.8. The first-order valence-electron chi connectivity index (χ1n) is 11.3. The SMILES string of the molecule is CCOC(=O)c1c(C(NCc2c(C)n[nH]c2C)OC(=O)C(F)(F)F)[nH]c(C(=O)OC(C)(C)C)c1CC. The van der Waals surface area contributed by atoms with Crippen molar-refractivity contribution in [3.05, 3.63) is 39.5 Å². The molecule has 2 aromatic rings. The lowest BCUT2D eigenvalue weighted by atomic mass is 10.0. The molecule has 0 radical (unpaired) electrons. The number of carbonyl (C=O) groups excluding carboxylic acids is 3. The van der Waals surface area contributed by atoms with Crippen molar-refractivity contribution in [3.8, 4) is 0 Å². The summed E-state index contributed by atoms with van der Waals surface area (Å²) in [6, 6.07) is 0. The van der Waals surface area contributed by atoms with Crippen molar-refractivity contribution in [3.63, 3.8) is 0 Å². The number of nitrogens with one attached hydrogen (secondary N) is 3. The number of alkyl halides is 3. The zero-order valence-electron chi connectivity index (χ0n) is 21.2. The number of ether oxygens (including phenoxy) is 3. The molecule has 10 nitrogen and oxygen atoms in total. The van der Waals surface area contributed by atoms with Crippen LogP contribution in [0.3, 0.4) is 0 Å². The zero-order chi connectivity index (χ0) is 27.4. The predicted octanol–water partition coefficient (Wildman–Crippen LogP) is 3.94. The Kier molecular flexibility index (Phi) is 8.94. The molecule has 2 rings (SSSR count). The van der Waals surface area contributed by atoms with Gasteiger partial charge in [-0.3, -0.25) is 10.4 Å². The molecule has 0 saturated carbocycles. The van der Waals surface area contributed by atoms with Crippen LogP contribution in [-0.4, -0.2) is 51.5 Å². The first-order valence-corrected chi connectivity index (χ1v) is 11.3. The molecule has 0 spiro atoms. The van der Waals surface area contributed by atoms with Crippen molar-refractivity contribution < 1.29 is 41.8 Å². The Balaban J connectivity index is 2.65. The maximum Gasteiger partial charge on any atom is 0.490 e. The number of esters is 3. The number of hydrogen-bond acceptors (Lipinski definition) is 8. The van der Waals surface area contributed by atoms with Crippen LogP contribution in [0.1, 0.15) is 89.9 Å². The molecule has 0 saturated heterocycles. The highest BCUT2D eigenvalue weighted by molar-refractivity contribution is 5.99. The minimum absolute atomic E-state index is 0.0395. The van der Waals surface area contributed by atoms with Crippen LogP contribution in [0.15, 0.2) is 0 Å². The van der Waals surface area contributed by atoms with E-state index in [4.69, 9.17) is 14.2 Å². The number of halogens is 3. The highest BCUT2D eigenvalue weighted by Crippen LogP contribution is 2.31.